The number of nitrogens with zero attached hydrogens (tertiary/aromatic N) is 4. The van der Waals surface area contributed by atoms with E-state index >= 15 is 0 Å². The van der Waals surface area contributed by atoms with Crippen LogP contribution < -0.4 is 0 Å². The average molecular weight is 426 g/mol. The lowest BCUT2D eigenvalue weighted by atomic mass is 10.2. The highest BCUT2D eigenvalue weighted by Crippen LogP contribution is 2.34. The van der Waals surface area contributed by atoms with Crippen LogP contribution in [0.1, 0.15) is 0 Å². The predicted octanol–water partition coefficient (Wildman–Crippen LogP) is 5.59. The monoisotopic (exact) mass is 424 g/mol. The average Bonchev–Trinajstić information content (AvgIpc) is 3.08. The van der Waals surface area contributed by atoms with Gasteiger partial charge in [0.2, 0.25) is 4.96 Å². The Hall–Kier alpha value is -1.47. The molecule has 114 valence electrons. The van der Waals surface area contributed by atoms with Crippen LogP contribution in [0.3, 0.4) is 0 Å². The zero-order chi connectivity index (χ0) is 16.0. The third-order valence-electron chi connectivity index (χ3n) is 3.27. The van der Waals surface area contributed by atoms with Gasteiger partial charge in [-0.3, -0.25) is 0 Å². The molecule has 0 aliphatic rings. The minimum absolute atomic E-state index is 0.560. The number of halogens is 3. The van der Waals surface area contributed by atoms with E-state index in [0.717, 1.165) is 20.6 Å². The first-order valence-corrected chi connectivity index (χ1v) is 8.92. The Morgan fingerprint density at radius 1 is 1.00 bits per heavy atom. The van der Waals surface area contributed by atoms with Gasteiger partial charge in [-0.1, -0.05) is 62.6 Å². The summed E-state index contributed by atoms with van der Waals surface area (Å²) in [4.78, 5) is 0.705. The van der Waals surface area contributed by atoms with Crippen molar-refractivity contribution in [1.29, 1.82) is 0 Å². The van der Waals surface area contributed by atoms with Crippen LogP contribution in [0.25, 0.3) is 26.9 Å². The first-order valence-electron chi connectivity index (χ1n) is 6.56. The lowest BCUT2D eigenvalue weighted by Crippen LogP contribution is -1.92. The van der Waals surface area contributed by atoms with Gasteiger partial charge in [-0.2, -0.15) is 9.61 Å². The smallest absolute Gasteiger partial charge is 0.182 e. The molecular weight excluding hydrogens is 419 g/mol. The topological polar surface area (TPSA) is 43.1 Å². The number of rotatable bonds is 2. The van der Waals surface area contributed by atoms with Gasteiger partial charge >= 0.3 is 0 Å². The molecule has 0 saturated carbocycles. The lowest BCUT2D eigenvalue weighted by molar-refractivity contribution is 0.970. The summed E-state index contributed by atoms with van der Waals surface area (Å²) in [7, 11) is 0. The van der Waals surface area contributed by atoms with Crippen molar-refractivity contribution >= 4 is 55.4 Å². The molecule has 2 aromatic carbocycles. The summed E-state index contributed by atoms with van der Waals surface area (Å²) in [5.41, 5.74) is 1.75. The van der Waals surface area contributed by atoms with Gasteiger partial charge in [-0.15, -0.1) is 10.2 Å². The lowest BCUT2D eigenvalue weighted by Gasteiger charge is -2.01. The fourth-order valence-corrected chi connectivity index (χ4v) is 4.09. The fourth-order valence-electron chi connectivity index (χ4n) is 2.20. The minimum Gasteiger partial charge on any atom is -0.182 e. The van der Waals surface area contributed by atoms with E-state index < -0.39 is 0 Å². The maximum Gasteiger partial charge on any atom is 0.235 e. The van der Waals surface area contributed by atoms with Gasteiger partial charge in [0.05, 0.1) is 5.02 Å². The summed E-state index contributed by atoms with van der Waals surface area (Å²) in [5.74, 6) is 0.681. The zero-order valence-electron chi connectivity index (χ0n) is 11.4. The van der Waals surface area contributed by atoms with Gasteiger partial charge in [0.1, 0.15) is 5.01 Å². The maximum atomic E-state index is 6.27. The summed E-state index contributed by atoms with van der Waals surface area (Å²) in [5, 5.41) is 15.0. The van der Waals surface area contributed by atoms with E-state index in [1.54, 1.807) is 16.6 Å². The second-order valence-corrected chi connectivity index (χ2v) is 7.38. The molecule has 0 atom stereocenters. The van der Waals surface area contributed by atoms with Crippen LogP contribution in [0.15, 0.2) is 46.9 Å². The van der Waals surface area contributed by atoms with E-state index in [1.165, 1.54) is 11.3 Å². The van der Waals surface area contributed by atoms with Crippen molar-refractivity contribution in [2.45, 2.75) is 0 Å². The van der Waals surface area contributed by atoms with Crippen LogP contribution >= 0.6 is 50.5 Å². The van der Waals surface area contributed by atoms with Gasteiger partial charge in [0, 0.05) is 20.6 Å². The van der Waals surface area contributed by atoms with Gasteiger partial charge in [-0.25, -0.2) is 0 Å². The van der Waals surface area contributed by atoms with Crippen LogP contribution in [-0.2, 0) is 0 Å². The van der Waals surface area contributed by atoms with Crippen molar-refractivity contribution in [3.63, 3.8) is 0 Å². The van der Waals surface area contributed by atoms with E-state index in [9.17, 15) is 0 Å². The quantitative estimate of drug-likeness (QED) is 0.420. The minimum atomic E-state index is 0.560. The SMILES string of the molecule is Clc1ccc(-c2nn3c(-c4ccccc4Br)nnc3s2)c(Cl)c1. The molecule has 0 fully saturated rings. The van der Waals surface area contributed by atoms with Gasteiger partial charge < -0.3 is 0 Å². The molecule has 4 rings (SSSR count). The Bertz CT molecular complexity index is 1030. The van der Waals surface area contributed by atoms with Crippen LogP contribution in [0.4, 0.5) is 0 Å². The third kappa shape index (κ3) is 2.65. The van der Waals surface area contributed by atoms with E-state index in [1.807, 2.05) is 30.3 Å². The Morgan fingerprint density at radius 2 is 1.83 bits per heavy atom. The Kier molecular flexibility index (Phi) is 3.85. The third-order valence-corrected chi connectivity index (χ3v) is 5.44. The highest BCUT2D eigenvalue weighted by atomic mass is 79.9. The number of benzene rings is 2. The Morgan fingerprint density at radius 3 is 2.61 bits per heavy atom. The van der Waals surface area contributed by atoms with Gasteiger partial charge in [0.15, 0.2) is 5.82 Å². The molecule has 2 aromatic heterocycles. The number of fused-ring (bicyclic) bond motifs is 1. The maximum absolute atomic E-state index is 6.27. The molecular formula is C15H7BrCl2N4S. The van der Waals surface area contributed by atoms with Crippen LogP contribution in [0, 0.1) is 0 Å². The number of aromatic nitrogens is 4. The highest BCUT2D eigenvalue weighted by molar-refractivity contribution is 9.10. The molecule has 0 aliphatic heterocycles. The van der Waals surface area contributed by atoms with Crippen molar-refractivity contribution < 1.29 is 0 Å². The van der Waals surface area contributed by atoms with E-state index in [4.69, 9.17) is 23.2 Å². The summed E-state index contributed by atoms with van der Waals surface area (Å²) in [6, 6.07) is 13.2. The molecule has 0 N–H and O–H groups in total. The molecule has 2 heterocycles. The molecule has 0 saturated heterocycles. The molecule has 0 spiro atoms. The summed E-state index contributed by atoms with van der Waals surface area (Å²) >= 11 is 17.2. The molecule has 4 nitrogen and oxygen atoms in total. The fraction of sp³-hybridized carbons (Fsp3) is 0. The number of hydrogen-bond acceptors (Lipinski definition) is 4. The first kappa shape index (κ1) is 15.1. The zero-order valence-corrected chi connectivity index (χ0v) is 15.3. The molecule has 0 unspecified atom stereocenters. The molecule has 0 bridgehead atoms. The second-order valence-electron chi connectivity index (χ2n) is 4.73. The molecule has 8 heteroatoms. The van der Waals surface area contributed by atoms with Crippen molar-refractivity contribution in [3.05, 3.63) is 57.0 Å². The molecule has 4 aromatic rings. The Labute approximate surface area is 153 Å². The predicted molar refractivity (Wildman–Crippen MR) is 97.3 cm³/mol. The van der Waals surface area contributed by atoms with Crippen LogP contribution in [-0.4, -0.2) is 19.8 Å². The molecule has 0 aliphatic carbocycles. The molecule has 0 amide bonds. The molecule has 23 heavy (non-hydrogen) atoms. The van der Waals surface area contributed by atoms with E-state index in [0.29, 0.717) is 20.8 Å². The van der Waals surface area contributed by atoms with Gasteiger partial charge in [0.25, 0.3) is 0 Å². The summed E-state index contributed by atoms with van der Waals surface area (Å²) < 4.78 is 2.67. The first-order chi connectivity index (χ1) is 11.1. The van der Waals surface area contributed by atoms with Crippen LogP contribution in [0.5, 0.6) is 0 Å². The largest absolute Gasteiger partial charge is 0.235 e. The van der Waals surface area contributed by atoms with E-state index in [2.05, 4.69) is 31.2 Å². The van der Waals surface area contributed by atoms with Crippen molar-refractivity contribution in [2.24, 2.45) is 0 Å². The standard InChI is InChI=1S/C15H7BrCl2N4S/c16-11-4-2-1-3-9(11)13-19-20-15-22(13)21-14(23-15)10-6-5-8(17)7-12(10)18/h1-7H. The summed E-state index contributed by atoms with van der Waals surface area (Å²) in [6.45, 7) is 0. The van der Waals surface area contributed by atoms with E-state index in [-0.39, 0.29) is 0 Å². The second kappa shape index (κ2) is 5.87. The van der Waals surface area contributed by atoms with Crippen molar-refractivity contribution in [3.8, 4) is 22.0 Å². The highest BCUT2D eigenvalue weighted by Gasteiger charge is 2.17. The summed E-state index contributed by atoms with van der Waals surface area (Å²) in [6.07, 6.45) is 0. The molecule has 0 radical (unpaired) electrons. The number of hydrogen-bond donors (Lipinski definition) is 0. The van der Waals surface area contributed by atoms with Crippen molar-refractivity contribution in [2.75, 3.05) is 0 Å². The normalized spacial score (nSPS) is 11.3. The Balaban J connectivity index is 1.88. The van der Waals surface area contributed by atoms with Gasteiger partial charge in [-0.05, 0) is 30.3 Å². The van der Waals surface area contributed by atoms with Crippen molar-refractivity contribution in [1.82, 2.24) is 19.8 Å². The van der Waals surface area contributed by atoms with Crippen LogP contribution in [0.2, 0.25) is 10.0 Å².